The van der Waals surface area contributed by atoms with Crippen molar-refractivity contribution < 1.29 is 14.3 Å². The molecule has 1 aromatic carbocycles. The van der Waals surface area contributed by atoms with Crippen LogP contribution in [0.25, 0.3) is 21.1 Å². The molecule has 0 amide bonds. The van der Waals surface area contributed by atoms with Crippen LogP contribution in [-0.4, -0.2) is 16.1 Å². The second kappa shape index (κ2) is 5.67. The third-order valence-corrected chi connectivity index (χ3v) is 5.25. The lowest BCUT2D eigenvalue weighted by atomic mass is 10.2. The van der Waals surface area contributed by atoms with E-state index in [0.717, 1.165) is 4.88 Å². The summed E-state index contributed by atoms with van der Waals surface area (Å²) in [7, 11) is 0. The predicted molar refractivity (Wildman–Crippen MR) is 85.5 cm³/mol. The lowest BCUT2D eigenvalue weighted by Crippen LogP contribution is -1.91. The van der Waals surface area contributed by atoms with E-state index in [0.29, 0.717) is 20.7 Å². The van der Waals surface area contributed by atoms with Crippen molar-refractivity contribution >= 4 is 44.6 Å². The molecule has 0 radical (unpaired) electrons. The normalized spacial score (nSPS) is 10.8. The summed E-state index contributed by atoms with van der Waals surface area (Å²) < 4.78 is 14.6. The zero-order valence-electron chi connectivity index (χ0n) is 10.3. The standard InChI is InChI=1S/C14H7BrFNO2S2/c15-8-2-1-3-9(16)12(8)13-17-10(6-21-13)11-4-7(5-20-11)14(18)19/h1-6H,(H,18,19). The van der Waals surface area contributed by atoms with E-state index >= 15 is 0 Å². The van der Waals surface area contributed by atoms with E-state index in [1.54, 1.807) is 29.0 Å². The van der Waals surface area contributed by atoms with Gasteiger partial charge in [-0.1, -0.05) is 6.07 Å². The van der Waals surface area contributed by atoms with Crippen molar-refractivity contribution in [3.8, 4) is 21.1 Å². The first kappa shape index (κ1) is 14.4. The molecule has 3 nitrogen and oxygen atoms in total. The number of aromatic carboxylic acids is 1. The quantitative estimate of drug-likeness (QED) is 0.681. The summed E-state index contributed by atoms with van der Waals surface area (Å²) in [6.07, 6.45) is 0. The molecule has 3 aromatic rings. The Kier molecular flexibility index (Phi) is 3.88. The summed E-state index contributed by atoms with van der Waals surface area (Å²) >= 11 is 5.95. The fraction of sp³-hybridized carbons (Fsp3) is 0. The molecule has 0 aliphatic heterocycles. The molecule has 0 saturated carbocycles. The van der Waals surface area contributed by atoms with Crippen molar-refractivity contribution in [2.45, 2.75) is 0 Å². The number of carboxylic acid groups (broad SMARTS) is 1. The highest BCUT2D eigenvalue weighted by Crippen LogP contribution is 2.36. The van der Waals surface area contributed by atoms with Gasteiger partial charge in [0.2, 0.25) is 0 Å². The number of nitrogens with zero attached hydrogens (tertiary/aromatic N) is 1. The molecule has 0 bridgehead atoms. The largest absolute Gasteiger partial charge is 0.478 e. The number of carboxylic acids is 1. The molecule has 0 atom stereocenters. The number of hydrogen-bond acceptors (Lipinski definition) is 4. The van der Waals surface area contributed by atoms with Gasteiger partial charge >= 0.3 is 5.97 Å². The Hall–Kier alpha value is -1.57. The summed E-state index contributed by atoms with van der Waals surface area (Å²) in [5.74, 6) is -1.31. The third-order valence-electron chi connectivity index (χ3n) is 2.78. The fourth-order valence-electron chi connectivity index (χ4n) is 1.79. The Bertz CT molecular complexity index is 808. The highest BCUT2D eigenvalue weighted by molar-refractivity contribution is 9.10. The molecule has 0 unspecified atom stereocenters. The lowest BCUT2D eigenvalue weighted by Gasteiger charge is -2.01. The molecule has 0 aliphatic carbocycles. The van der Waals surface area contributed by atoms with Crippen LogP contribution in [0, 0.1) is 5.82 Å². The number of aromatic nitrogens is 1. The van der Waals surface area contributed by atoms with Crippen LogP contribution < -0.4 is 0 Å². The molecular formula is C14H7BrFNO2S2. The molecule has 106 valence electrons. The number of thiophene rings is 1. The lowest BCUT2D eigenvalue weighted by molar-refractivity contribution is 0.0697. The second-order valence-corrected chi connectivity index (χ2v) is 6.76. The molecule has 2 aromatic heterocycles. The summed E-state index contributed by atoms with van der Waals surface area (Å²) in [5.41, 5.74) is 1.31. The molecule has 0 spiro atoms. The minimum atomic E-state index is -0.968. The van der Waals surface area contributed by atoms with Crippen LogP contribution in [-0.2, 0) is 0 Å². The first-order valence-corrected chi connectivity index (χ1v) is 8.33. The highest BCUT2D eigenvalue weighted by atomic mass is 79.9. The Morgan fingerprint density at radius 1 is 1.29 bits per heavy atom. The van der Waals surface area contributed by atoms with Crippen LogP contribution in [0.4, 0.5) is 4.39 Å². The van der Waals surface area contributed by atoms with Gasteiger partial charge in [0.15, 0.2) is 0 Å². The minimum absolute atomic E-state index is 0.233. The Morgan fingerprint density at radius 3 is 2.76 bits per heavy atom. The SMILES string of the molecule is O=C(O)c1csc(-c2csc(-c3c(F)cccc3Br)n2)c1. The Labute approximate surface area is 135 Å². The van der Waals surface area contributed by atoms with Gasteiger partial charge in [-0.15, -0.1) is 22.7 Å². The number of hydrogen-bond donors (Lipinski definition) is 1. The average Bonchev–Trinajstić information content (AvgIpc) is 3.07. The zero-order valence-corrected chi connectivity index (χ0v) is 13.6. The van der Waals surface area contributed by atoms with E-state index in [4.69, 9.17) is 5.11 Å². The van der Waals surface area contributed by atoms with Crippen LogP contribution in [0.2, 0.25) is 0 Å². The third kappa shape index (κ3) is 2.76. The number of halogens is 2. The van der Waals surface area contributed by atoms with Gasteiger partial charge in [0.25, 0.3) is 0 Å². The molecule has 0 saturated heterocycles. The van der Waals surface area contributed by atoms with E-state index in [2.05, 4.69) is 20.9 Å². The number of carbonyl (C=O) groups is 1. The topological polar surface area (TPSA) is 50.2 Å². The number of rotatable bonds is 3. The highest BCUT2D eigenvalue weighted by Gasteiger charge is 2.15. The first-order valence-electron chi connectivity index (χ1n) is 5.78. The van der Waals surface area contributed by atoms with Gasteiger partial charge in [0.1, 0.15) is 10.8 Å². The summed E-state index contributed by atoms with van der Waals surface area (Å²) in [5, 5.41) is 12.9. The van der Waals surface area contributed by atoms with Crippen LogP contribution in [0.3, 0.4) is 0 Å². The zero-order chi connectivity index (χ0) is 15.0. The van der Waals surface area contributed by atoms with E-state index in [-0.39, 0.29) is 11.4 Å². The van der Waals surface area contributed by atoms with Gasteiger partial charge in [-0.2, -0.15) is 0 Å². The molecule has 0 fully saturated rings. The number of benzene rings is 1. The van der Waals surface area contributed by atoms with Crippen molar-refractivity contribution in [1.82, 2.24) is 4.98 Å². The maximum atomic E-state index is 13.9. The van der Waals surface area contributed by atoms with Crippen LogP contribution >= 0.6 is 38.6 Å². The molecule has 3 rings (SSSR count). The van der Waals surface area contributed by atoms with Gasteiger partial charge in [0.05, 0.1) is 21.7 Å². The monoisotopic (exact) mass is 383 g/mol. The number of thiazole rings is 1. The van der Waals surface area contributed by atoms with Crippen molar-refractivity contribution in [3.05, 3.63) is 50.9 Å². The maximum Gasteiger partial charge on any atom is 0.336 e. The molecule has 0 aliphatic rings. The molecule has 2 heterocycles. The van der Waals surface area contributed by atoms with E-state index < -0.39 is 5.97 Å². The van der Waals surface area contributed by atoms with Gasteiger partial charge in [-0.25, -0.2) is 14.2 Å². The molecular weight excluding hydrogens is 377 g/mol. The van der Waals surface area contributed by atoms with Gasteiger partial charge in [0, 0.05) is 15.2 Å². The summed E-state index contributed by atoms with van der Waals surface area (Å²) in [4.78, 5) is 16.1. The minimum Gasteiger partial charge on any atom is -0.478 e. The summed E-state index contributed by atoms with van der Waals surface area (Å²) in [6, 6.07) is 6.33. The van der Waals surface area contributed by atoms with Crippen molar-refractivity contribution in [2.24, 2.45) is 0 Å². The Balaban J connectivity index is 2.02. The molecule has 7 heteroatoms. The first-order chi connectivity index (χ1) is 10.1. The fourth-order valence-corrected chi connectivity index (χ4v) is 4.24. The van der Waals surface area contributed by atoms with E-state index in [9.17, 15) is 9.18 Å². The molecule has 1 N–H and O–H groups in total. The van der Waals surface area contributed by atoms with Crippen molar-refractivity contribution in [3.63, 3.8) is 0 Å². The van der Waals surface area contributed by atoms with Crippen molar-refractivity contribution in [2.75, 3.05) is 0 Å². The van der Waals surface area contributed by atoms with Crippen LogP contribution in [0.15, 0.2) is 39.5 Å². The smallest absolute Gasteiger partial charge is 0.336 e. The van der Waals surface area contributed by atoms with Gasteiger partial charge in [-0.3, -0.25) is 0 Å². The molecule has 21 heavy (non-hydrogen) atoms. The second-order valence-electron chi connectivity index (χ2n) is 4.14. The maximum absolute atomic E-state index is 13.9. The van der Waals surface area contributed by atoms with Gasteiger partial charge in [-0.05, 0) is 34.1 Å². The van der Waals surface area contributed by atoms with E-state index in [1.807, 2.05) is 0 Å². The summed E-state index contributed by atoms with van der Waals surface area (Å²) in [6.45, 7) is 0. The van der Waals surface area contributed by atoms with Crippen LogP contribution in [0.1, 0.15) is 10.4 Å². The van der Waals surface area contributed by atoms with Gasteiger partial charge < -0.3 is 5.11 Å². The average molecular weight is 384 g/mol. The van der Waals surface area contributed by atoms with Crippen molar-refractivity contribution in [1.29, 1.82) is 0 Å². The van der Waals surface area contributed by atoms with Crippen LogP contribution in [0.5, 0.6) is 0 Å². The van der Waals surface area contributed by atoms with E-state index in [1.165, 1.54) is 28.7 Å². The Morgan fingerprint density at radius 2 is 2.10 bits per heavy atom. The predicted octanol–water partition coefficient (Wildman–Crippen LogP) is 5.14.